The zero-order valence-corrected chi connectivity index (χ0v) is 19.0. The Morgan fingerprint density at radius 1 is 1.25 bits per heavy atom. The van der Waals surface area contributed by atoms with E-state index in [0.29, 0.717) is 15.3 Å². The third-order valence-electron chi connectivity index (χ3n) is 6.72. The van der Waals surface area contributed by atoms with E-state index >= 15 is 0 Å². The Kier molecular flexibility index (Phi) is 7.79. The summed E-state index contributed by atoms with van der Waals surface area (Å²) in [7, 11) is 0. The van der Waals surface area contributed by atoms with Crippen LogP contribution in [-0.2, 0) is 4.74 Å². The van der Waals surface area contributed by atoms with Gasteiger partial charge in [0.1, 0.15) is 6.10 Å². The maximum atomic E-state index is 11.9. The number of ether oxygens (including phenoxy) is 1. The highest BCUT2D eigenvalue weighted by Crippen LogP contribution is 2.59. The molecule has 0 aliphatic heterocycles. The second-order valence-corrected chi connectivity index (χ2v) is 11.0. The molecule has 0 bridgehead atoms. The van der Waals surface area contributed by atoms with E-state index in [0.717, 1.165) is 17.8 Å². The molecule has 0 N–H and O–H groups in total. The maximum Gasteiger partial charge on any atom is 0.367 e. The fraction of sp³-hybridized carbons (Fsp3) is 0.950. The molecule has 0 aromatic heterocycles. The summed E-state index contributed by atoms with van der Waals surface area (Å²) in [5.41, 5.74) is 0.363. The van der Waals surface area contributed by atoms with Crippen LogP contribution in [0.4, 0.5) is 4.79 Å². The number of fused-ring (bicyclic) bond motifs is 1. The molecular formula is C20H35IO2S. The summed E-state index contributed by atoms with van der Waals surface area (Å²) in [5.74, 6) is 2.96. The average Bonchev–Trinajstić information content (AvgIpc) is 2.87. The monoisotopic (exact) mass is 466 g/mol. The SMILES string of the molecule is CSC(=O)O[C@H]1[C@H](I)CC[C@]2(C)[C@@H]([C@H](C)CCCC(C)C)CC[C@@H]12. The van der Waals surface area contributed by atoms with Crippen molar-refractivity contribution in [3.63, 3.8) is 0 Å². The molecule has 24 heavy (non-hydrogen) atoms. The Bertz CT molecular complexity index is 428. The molecule has 0 radical (unpaired) electrons. The van der Waals surface area contributed by atoms with Crippen LogP contribution in [-0.4, -0.2) is 21.6 Å². The first-order chi connectivity index (χ1) is 11.3. The second-order valence-electron chi connectivity index (χ2n) is 8.69. The molecule has 0 amide bonds. The van der Waals surface area contributed by atoms with Crippen molar-refractivity contribution in [3.8, 4) is 0 Å². The van der Waals surface area contributed by atoms with E-state index in [1.54, 1.807) is 0 Å². The van der Waals surface area contributed by atoms with Crippen LogP contribution in [0.5, 0.6) is 0 Å². The maximum absolute atomic E-state index is 11.9. The van der Waals surface area contributed by atoms with Crippen LogP contribution < -0.4 is 0 Å². The molecule has 0 aromatic carbocycles. The number of rotatable bonds is 6. The van der Waals surface area contributed by atoms with Gasteiger partial charge >= 0.3 is 5.30 Å². The van der Waals surface area contributed by atoms with E-state index in [1.165, 1.54) is 56.7 Å². The Balaban J connectivity index is 2.04. The molecule has 140 valence electrons. The first kappa shape index (κ1) is 20.9. The Morgan fingerprint density at radius 3 is 2.58 bits per heavy atom. The predicted octanol–water partition coefficient (Wildman–Crippen LogP) is 6.95. The summed E-state index contributed by atoms with van der Waals surface area (Å²) in [4.78, 5) is 11.9. The van der Waals surface area contributed by atoms with Crippen molar-refractivity contribution in [2.24, 2.45) is 29.1 Å². The first-order valence-corrected chi connectivity index (χ1v) is 12.1. The van der Waals surface area contributed by atoms with Crippen molar-refractivity contribution < 1.29 is 9.53 Å². The molecule has 2 aliphatic carbocycles. The van der Waals surface area contributed by atoms with Crippen LogP contribution in [0, 0.1) is 29.1 Å². The number of alkyl halides is 1. The van der Waals surface area contributed by atoms with E-state index in [2.05, 4.69) is 50.3 Å². The van der Waals surface area contributed by atoms with Gasteiger partial charge in [0.25, 0.3) is 0 Å². The van der Waals surface area contributed by atoms with Crippen molar-refractivity contribution in [2.45, 2.75) is 82.7 Å². The molecule has 2 rings (SSSR count). The molecule has 0 heterocycles. The third-order valence-corrected chi connectivity index (χ3v) is 8.48. The number of carbonyl (C=O) groups excluding carboxylic acids is 1. The molecule has 6 atom stereocenters. The average molecular weight is 466 g/mol. The molecule has 0 spiro atoms. The zero-order valence-electron chi connectivity index (χ0n) is 16.0. The van der Waals surface area contributed by atoms with Gasteiger partial charge in [-0.25, -0.2) is 4.79 Å². The quantitative estimate of drug-likeness (QED) is 0.241. The van der Waals surface area contributed by atoms with Crippen LogP contribution >= 0.6 is 34.4 Å². The first-order valence-electron chi connectivity index (χ1n) is 9.68. The van der Waals surface area contributed by atoms with Crippen molar-refractivity contribution >= 4 is 39.7 Å². The lowest BCUT2D eigenvalue weighted by atomic mass is 9.61. The van der Waals surface area contributed by atoms with Crippen LogP contribution in [0.1, 0.15) is 72.6 Å². The number of halogens is 1. The summed E-state index contributed by atoms with van der Waals surface area (Å²) in [5, 5.41) is -0.0978. The number of carbonyl (C=O) groups is 1. The normalized spacial score (nSPS) is 37.3. The number of hydrogen-bond donors (Lipinski definition) is 0. The Labute approximate surface area is 166 Å². The zero-order chi connectivity index (χ0) is 17.9. The molecule has 0 aromatic rings. The van der Waals surface area contributed by atoms with Crippen molar-refractivity contribution in [1.82, 2.24) is 0 Å². The lowest BCUT2D eigenvalue weighted by molar-refractivity contribution is -0.0224. The van der Waals surface area contributed by atoms with E-state index in [9.17, 15) is 4.79 Å². The highest BCUT2D eigenvalue weighted by atomic mass is 127. The topological polar surface area (TPSA) is 26.3 Å². The predicted molar refractivity (Wildman–Crippen MR) is 113 cm³/mol. The van der Waals surface area contributed by atoms with Crippen LogP contribution in [0.15, 0.2) is 0 Å². The minimum Gasteiger partial charge on any atom is -0.453 e. The van der Waals surface area contributed by atoms with E-state index in [4.69, 9.17) is 4.74 Å². The molecule has 2 aliphatic rings. The minimum atomic E-state index is -0.0978. The highest BCUT2D eigenvalue weighted by Gasteiger charge is 2.55. The van der Waals surface area contributed by atoms with Crippen molar-refractivity contribution in [2.75, 3.05) is 6.26 Å². The smallest absolute Gasteiger partial charge is 0.367 e. The second kappa shape index (κ2) is 8.96. The van der Waals surface area contributed by atoms with Gasteiger partial charge in [-0.05, 0) is 66.9 Å². The summed E-state index contributed by atoms with van der Waals surface area (Å²) >= 11 is 3.73. The van der Waals surface area contributed by atoms with Crippen molar-refractivity contribution in [1.29, 1.82) is 0 Å². The summed E-state index contributed by atoms with van der Waals surface area (Å²) in [6.07, 6.45) is 11.1. The van der Waals surface area contributed by atoms with Crippen LogP contribution in [0.25, 0.3) is 0 Å². The summed E-state index contributed by atoms with van der Waals surface area (Å²) in [6.45, 7) is 9.61. The standard InChI is InChI=1S/C20H35IO2S/c1-13(2)7-6-8-14(3)15-9-10-16-18(23-19(22)24-5)17(21)11-12-20(15,16)4/h13-18H,6-12H2,1-5H3/t14-,15-,16+,17-,18-,20-/m1/s1. The molecule has 2 fully saturated rings. The third kappa shape index (κ3) is 4.63. The van der Waals surface area contributed by atoms with E-state index in [-0.39, 0.29) is 11.4 Å². The molecular weight excluding hydrogens is 431 g/mol. The Morgan fingerprint density at radius 2 is 1.96 bits per heavy atom. The van der Waals surface area contributed by atoms with E-state index in [1.807, 2.05) is 6.26 Å². The van der Waals surface area contributed by atoms with Gasteiger partial charge in [-0.3, -0.25) is 0 Å². The lowest BCUT2D eigenvalue weighted by Crippen LogP contribution is -2.47. The highest BCUT2D eigenvalue weighted by molar-refractivity contribution is 14.1. The number of hydrogen-bond acceptors (Lipinski definition) is 3. The molecule has 4 heteroatoms. The minimum absolute atomic E-state index is 0.0978. The Hall–Kier alpha value is 0.550. The molecule has 2 nitrogen and oxygen atoms in total. The van der Waals surface area contributed by atoms with Gasteiger partial charge in [0.05, 0.1) is 0 Å². The van der Waals surface area contributed by atoms with Gasteiger partial charge in [0, 0.05) is 9.84 Å². The van der Waals surface area contributed by atoms with Gasteiger partial charge in [0.2, 0.25) is 0 Å². The fourth-order valence-electron chi connectivity index (χ4n) is 5.37. The fourth-order valence-corrected chi connectivity index (χ4v) is 6.53. The lowest BCUT2D eigenvalue weighted by Gasteiger charge is -2.48. The van der Waals surface area contributed by atoms with Crippen LogP contribution in [0.3, 0.4) is 0 Å². The van der Waals surface area contributed by atoms with Gasteiger partial charge < -0.3 is 4.74 Å². The molecule has 0 saturated heterocycles. The van der Waals surface area contributed by atoms with E-state index < -0.39 is 0 Å². The number of thioether (sulfide) groups is 1. The van der Waals surface area contributed by atoms with Gasteiger partial charge in [-0.15, -0.1) is 0 Å². The largest absolute Gasteiger partial charge is 0.453 e. The summed E-state index contributed by atoms with van der Waals surface area (Å²) in [6, 6.07) is 0. The van der Waals surface area contributed by atoms with Crippen molar-refractivity contribution in [3.05, 3.63) is 0 Å². The molecule has 2 saturated carbocycles. The van der Waals surface area contributed by atoms with Gasteiger partial charge in [-0.1, -0.05) is 69.5 Å². The van der Waals surface area contributed by atoms with Crippen LogP contribution in [0.2, 0.25) is 0 Å². The van der Waals surface area contributed by atoms with Gasteiger partial charge in [-0.2, -0.15) is 0 Å². The van der Waals surface area contributed by atoms with Gasteiger partial charge in [0.15, 0.2) is 0 Å². The summed E-state index contributed by atoms with van der Waals surface area (Å²) < 4.78 is 6.37. The molecule has 0 unspecified atom stereocenters.